The molecule has 0 N–H and O–H groups in total. The molecule has 5 rings (SSSR count). The van der Waals surface area contributed by atoms with E-state index in [9.17, 15) is 9.59 Å². The number of fused-ring (bicyclic) bond motifs is 2. The molecule has 0 spiro atoms. The van der Waals surface area contributed by atoms with Crippen LogP contribution in [0.15, 0.2) is 63.5 Å². The second-order valence-electron chi connectivity index (χ2n) is 11.2. The number of ether oxygens (including phenoxy) is 1. The Morgan fingerprint density at radius 2 is 1.78 bits per heavy atom. The highest BCUT2D eigenvalue weighted by molar-refractivity contribution is 7.07. The van der Waals surface area contributed by atoms with Crippen molar-refractivity contribution in [3.63, 3.8) is 0 Å². The molecule has 7 heteroatoms. The summed E-state index contributed by atoms with van der Waals surface area (Å²) in [6, 6.07) is 14.2. The minimum Gasteiger partial charge on any atom is -0.463 e. The number of aromatic nitrogens is 2. The van der Waals surface area contributed by atoms with E-state index >= 15 is 0 Å². The van der Waals surface area contributed by atoms with Gasteiger partial charge in [-0.05, 0) is 69.7 Å². The predicted molar refractivity (Wildman–Crippen MR) is 167 cm³/mol. The average molecular weight is 570 g/mol. The fourth-order valence-electron chi connectivity index (χ4n) is 5.91. The maximum Gasteiger partial charge on any atom is 0.338 e. The molecule has 1 aliphatic rings. The van der Waals surface area contributed by atoms with Crippen molar-refractivity contribution in [3.05, 3.63) is 101 Å². The number of carbonyl (C=O) groups is 1. The smallest absolute Gasteiger partial charge is 0.338 e. The summed E-state index contributed by atoms with van der Waals surface area (Å²) in [6.07, 6.45) is 3.02. The Kier molecular flexibility index (Phi) is 7.93. The molecule has 214 valence electrons. The predicted octanol–water partition coefficient (Wildman–Crippen LogP) is 6.46. The molecule has 0 unspecified atom stereocenters. The highest BCUT2D eigenvalue weighted by Gasteiger charge is 2.33. The number of aryl methyl sites for hydroxylation is 1. The number of allylic oxidation sites excluding steroid dienone is 1. The number of para-hydroxylation sites is 1. The van der Waals surface area contributed by atoms with Crippen LogP contribution in [-0.2, 0) is 9.53 Å². The molecule has 0 radical (unpaired) electrons. The molecule has 0 saturated carbocycles. The summed E-state index contributed by atoms with van der Waals surface area (Å²) >= 11 is 1.37. The molecule has 2 atom stereocenters. The van der Waals surface area contributed by atoms with Crippen molar-refractivity contribution in [2.45, 2.75) is 79.8 Å². The lowest BCUT2D eigenvalue weighted by molar-refractivity contribution is -0.139. The van der Waals surface area contributed by atoms with E-state index in [1.54, 1.807) is 11.5 Å². The van der Waals surface area contributed by atoms with Crippen LogP contribution in [0.5, 0.6) is 0 Å². The van der Waals surface area contributed by atoms with Gasteiger partial charge in [-0.15, -0.1) is 0 Å². The number of nitrogens with zero attached hydrogens (tertiary/aromatic N) is 3. The van der Waals surface area contributed by atoms with Gasteiger partial charge >= 0.3 is 5.97 Å². The molecule has 4 aromatic rings. The first kappa shape index (κ1) is 28.8. The van der Waals surface area contributed by atoms with E-state index in [0.717, 1.165) is 28.6 Å². The minimum absolute atomic E-state index is 0.155. The number of benzene rings is 2. The Labute approximate surface area is 245 Å². The first-order valence-corrected chi connectivity index (χ1v) is 15.3. The fourth-order valence-corrected chi connectivity index (χ4v) is 6.93. The molecule has 0 saturated heterocycles. The third-order valence-electron chi connectivity index (χ3n) is 8.26. The first-order chi connectivity index (χ1) is 19.6. The van der Waals surface area contributed by atoms with Crippen molar-refractivity contribution in [2.24, 2.45) is 4.99 Å². The van der Waals surface area contributed by atoms with Crippen LogP contribution in [0.4, 0.5) is 0 Å². The molecule has 0 fully saturated rings. The largest absolute Gasteiger partial charge is 0.463 e. The molecular weight excluding hydrogens is 530 g/mol. The maximum atomic E-state index is 14.2. The van der Waals surface area contributed by atoms with E-state index in [1.165, 1.54) is 28.0 Å². The lowest BCUT2D eigenvalue weighted by atomic mass is 9.93. The van der Waals surface area contributed by atoms with Gasteiger partial charge in [-0.3, -0.25) is 9.36 Å². The number of hydrogen-bond donors (Lipinski definition) is 0. The molecule has 0 amide bonds. The second-order valence-corrected chi connectivity index (χ2v) is 12.2. The zero-order chi connectivity index (χ0) is 29.6. The molecule has 41 heavy (non-hydrogen) atoms. The van der Waals surface area contributed by atoms with Gasteiger partial charge in [0.15, 0.2) is 4.80 Å². The van der Waals surface area contributed by atoms with Gasteiger partial charge < -0.3 is 9.30 Å². The normalized spacial score (nSPS) is 16.3. The zero-order valence-corrected chi connectivity index (χ0v) is 26.1. The van der Waals surface area contributed by atoms with Gasteiger partial charge in [0.1, 0.15) is 0 Å². The van der Waals surface area contributed by atoms with E-state index in [0.29, 0.717) is 32.6 Å². The minimum atomic E-state index is -0.613. The van der Waals surface area contributed by atoms with Crippen LogP contribution >= 0.6 is 11.3 Å². The lowest BCUT2D eigenvalue weighted by Gasteiger charge is -2.25. The van der Waals surface area contributed by atoms with E-state index < -0.39 is 12.0 Å². The number of esters is 1. The van der Waals surface area contributed by atoms with Crippen molar-refractivity contribution >= 4 is 34.3 Å². The Hall–Kier alpha value is -3.71. The second kappa shape index (κ2) is 11.3. The summed E-state index contributed by atoms with van der Waals surface area (Å²) in [4.78, 5) is 32.8. The lowest BCUT2D eigenvalue weighted by Crippen LogP contribution is -2.40. The van der Waals surface area contributed by atoms with E-state index in [-0.39, 0.29) is 12.2 Å². The van der Waals surface area contributed by atoms with Crippen LogP contribution in [-0.4, -0.2) is 21.7 Å². The van der Waals surface area contributed by atoms with E-state index in [2.05, 4.69) is 76.4 Å². The van der Waals surface area contributed by atoms with Crippen LogP contribution in [0, 0.1) is 13.8 Å². The van der Waals surface area contributed by atoms with Gasteiger partial charge in [0.25, 0.3) is 5.56 Å². The fraction of sp³-hybridized carbons (Fsp3) is 0.382. The molecule has 1 aliphatic heterocycles. The van der Waals surface area contributed by atoms with Crippen molar-refractivity contribution < 1.29 is 9.53 Å². The monoisotopic (exact) mass is 569 g/mol. The van der Waals surface area contributed by atoms with Crippen LogP contribution in [0.25, 0.3) is 17.0 Å². The SMILES string of the molecule is CCOC(=O)C1=C(C)N=c2s/c(=C\c3c(C)n([C@@H](C)CC)c4c(C)cccc34)c(=O)n2[C@H]1c1ccc(C(C)C)cc1. The van der Waals surface area contributed by atoms with Gasteiger partial charge in [-0.2, -0.15) is 0 Å². The van der Waals surface area contributed by atoms with Gasteiger partial charge in [0, 0.05) is 22.7 Å². The molecular formula is C34H39N3O3S. The maximum absolute atomic E-state index is 14.2. The molecule has 0 aliphatic carbocycles. The molecule has 2 aromatic carbocycles. The molecule has 6 nitrogen and oxygen atoms in total. The Bertz CT molecular complexity index is 1850. The molecule has 0 bridgehead atoms. The summed E-state index contributed by atoms with van der Waals surface area (Å²) in [5.74, 6) is -0.0683. The highest BCUT2D eigenvalue weighted by Crippen LogP contribution is 2.34. The van der Waals surface area contributed by atoms with Crippen molar-refractivity contribution in [3.8, 4) is 0 Å². The van der Waals surface area contributed by atoms with Crippen LogP contribution in [0.2, 0.25) is 0 Å². The summed E-state index contributed by atoms with van der Waals surface area (Å²) in [5, 5.41) is 1.14. The third-order valence-corrected chi connectivity index (χ3v) is 9.25. The summed E-state index contributed by atoms with van der Waals surface area (Å²) in [6.45, 7) is 16.9. The molecule has 2 aromatic heterocycles. The Balaban J connectivity index is 1.77. The van der Waals surface area contributed by atoms with Gasteiger partial charge in [-0.25, -0.2) is 9.79 Å². The van der Waals surface area contributed by atoms with Crippen molar-refractivity contribution in [2.75, 3.05) is 6.61 Å². The summed E-state index contributed by atoms with van der Waals surface area (Å²) in [7, 11) is 0. The quantitative estimate of drug-likeness (QED) is 0.240. The Morgan fingerprint density at radius 3 is 2.41 bits per heavy atom. The van der Waals surface area contributed by atoms with Crippen molar-refractivity contribution in [1.29, 1.82) is 0 Å². The van der Waals surface area contributed by atoms with Gasteiger partial charge in [0.2, 0.25) is 0 Å². The van der Waals surface area contributed by atoms with Crippen LogP contribution in [0.1, 0.15) is 93.9 Å². The average Bonchev–Trinajstić information content (AvgIpc) is 3.41. The summed E-state index contributed by atoms with van der Waals surface area (Å²) < 4.78 is 10.1. The highest BCUT2D eigenvalue weighted by atomic mass is 32.1. The topological polar surface area (TPSA) is 65.6 Å². The number of hydrogen-bond acceptors (Lipinski definition) is 5. The third kappa shape index (κ3) is 4.90. The summed E-state index contributed by atoms with van der Waals surface area (Å²) in [5.41, 5.74) is 7.50. The van der Waals surface area contributed by atoms with E-state index in [4.69, 9.17) is 9.73 Å². The van der Waals surface area contributed by atoms with Gasteiger partial charge in [-0.1, -0.05) is 74.6 Å². The van der Waals surface area contributed by atoms with Crippen LogP contribution in [0.3, 0.4) is 0 Å². The standard InChI is InChI=1S/C34H39N3O3S/c1-9-21(6)36-23(8)27(26-13-11-12-20(5)30(26)36)18-28-32(38)37-31(25-16-14-24(15-17-25)19(3)4)29(33(39)40-10-2)22(7)35-34(37)41-28/h11-19,21,31H,9-10H2,1-8H3/b28-18-/t21-,31-/m0/s1. The van der Waals surface area contributed by atoms with Gasteiger partial charge in [0.05, 0.1) is 34.0 Å². The van der Waals surface area contributed by atoms with Crippen LogP contribution < -0.4 is 14.9 Å². The van der Waals surface area contributed by atoms with E-state index in [1.807, 2.05) is 25.1 Å². The first-order valence-electron chi connectivity index (χ1n) is 14.5. The molecule has 3 heterocycles. The number of thiazole rings is 1. The number of carbonyl (C=O) groups excluding carboxylic acids is 1. The van der Waals surface area contributed by atoms with Crippen molar-refractivity contribution in [1.82, 2.24) is 9.13 Å². The number of rotatable bonds is 7. The zero-order valence-electron chi connectivity index (χ0n) is 25.2. The Morgan fingerprint density at radius 1 is 1.07 bits per heavy atom.